The number of aromatic amines is 1. The molecular formula is C32H28N6O3S. The van der Waals surface area contributed by atoms with E-state index in [0.717, 1.165) is 18.5 Å². The minimum absolute atomic E-state index is 0.134. The lowest BCUT2D eigenvalue weighted by Crippen LogP contribution is -2.39. The number of sulfonamides is 1. The molecule has 10 heteroatoms. The first kappa shape index (κ1) is 27.3. The lowest BCUT2D eigenvalue weighted by molar-refractivity contribution is 0.281. The van der Waals surface area contributed by atoms with Crippen LogP contribution in [0, 0.1) is 17.2 Å². The number of fused-ring (bicyclic) bond motifs is 1. The summed E-state index contributed by atoms with van der Waals surface area (Å²) in [4.78, 5) is 20.2. The first-order valence-corrected chi connectivity index (χ1v) is 15.1. The number of nitrogens with one attached hydrogen (secondary N) is 1. The van der Waals surface area contributed by atoms with E-state index in [1.54, 1.807) is 69.8 Å². The van der Waals surface area contributed by atoms with Gasteiger partial charge < -0.3 is 4.98 Å². The van der Waals surface area contributed by atoms with Gasteiger partial charge in [0, 0.05) is 30.4 Å². The molecule has 1 N–H and O–H groups in total. The average molecular weight is 577 g/mol. The predicted molar refractivity (Wildman–Crippen MR) is 162 cm³/mol. The van der Waals surface area contributed by atoms with Crippen LogP contribution in [0.4, 0.5) is 0 Å². The zero-order chi connectivity index (χ0) is 29.3. The number of para-hydroxylation sites is 2. The van der Waals surface area contributed by atoms with Crippen molar-refractivity contribution in [1.82, 2.24) is 24.1 Å². The van der Waals surface area contributed by atoms with Gasteiger partial charge in [-0.05, 0) is 61.2 Å². The molecule has 6 rings (SSSR count). The van der Waals surface area contributed by atoms with Crippen molar-refractivity contribution in [3.05, 3.63) is 107 Å². The zero-order valence-electron chi connectivity index (χ0n) is 22.9. The molecule has 1 unspecified atom stereocenters. The summed E-state index contributed by atoms with van der Waals surface area (Å²) in [5, 5.41) is 15.3. The van der Waals surface area contributed by atoms with Crippen LogP contribution in [-0.4, -0.2) is 45.6 Å². The molecule has 1 atom stereocenters. The van der Waals surface area contributed by atoms with Gasteiger partial charge in [0.05, 0.1) is 27.1 Å². The zero-order valence-corrected chi connectivity index (χ0v) is 23.8. The first-order chi connectivity index (χ1) is 20.3. The van der Waals surface area contributed by atoms with Gasteiger partial charge in [-0.1, -0.05) is 49.4 Å². The summed E-state index contributed by atoms with van der Waals surface area (Å²) in [6.07, 6.45) is 5.23. The Bertz CT molecular complexity index is 2020. The summed E-state index contributed by atoms with van der Waals surface area (Å²) in [5.74, 6) is 0.435. The highest BCUT2D eigenvalue weighted by atomic mass is 32.2. The molecule has 210 valence electrons. The number of rotatable bonds is 6. The molecule has 0 saturated carbocycles. The fraction of sp³-hybridized carbons (Fsp3) is 0.188. The number of nitriles is 1. The van der Waals surface area contributed by atoms with Gasteiger partial charge in [-0.3, -0.25) is 4.79 Å². The molecule has 1 saturated heterocycles. The molecule has 9 nitrogen and oxygen atoms in total. The lowest BCUT2D eigenvalue weighted by atomic mass is 10.0. The molecule has 5 aromatic rings. The minimum Gasteiger partial charge on any atom is -0.305 e. The molecule has 42 heavy (non-hydrogen) atoms. The molecular weight excluding hydrogens is 548 g/mol. The monoisotopic (exact) mass is 576 g/mol. The fourth-order valence-electron chi connectivity index (χ4n) is 5.27. The van der Waals surface area contributed by atoms with Gasteiger partial charge in [-0.2, -0.15) is 14.7 Å². The van der Waals surface area contributed by atoms with Crippen LogP contribution in [0.2, 0.25) is 0 Å². The summed E-state index contributed by atoms with van der Waals surface area (Å²) in [6.45, 7) is 3.05. The van der Waals surface area contributed by atoms with E-state index in [1.807, 2.05) is 30.3 Å². The molecule has 1 fully saturated rings. The van der Waals surface area contributed by atoms with E-state index in [2.05, 4.69) is 23.0 Å². The number of benzene rings is 3. The quantitative estimate of drug-likeness (QED) is 0.275. The Morgan fingerprint density at radius 2 is 1.86 bits per heavy atom. The van der Waals surface area contributed by atoms with Gasteiger partial charge in [0.2, 0.25) is 10.0 Å². The third kappa shape index (κ3) is 5.28. The summed E-state index contributed by atoms with van der Waals surface area (Å²) in [7, 11) is -3.70. The highest BCUT2D eigenvalue weighted by Crippen LogP contribution is 2.31. The second-order valence-electron chi connectivity index (χ2n) is 10.5. The van der Waals surface area contributed by atoms with Crippen molar-refractivity contribution in [2.24, 2.45) is 5.92 Å². The normalized spacial score (nSPS) is 16.4. The Morgan fingerprint density at radius 3 is 2.64 bits per heavy atom. The van der Waals surface area contributed by atoms with Crippen molar-refractivity contribution in [3.63, 3.8) is 0 Å². The summed E-state index contributed by atoms with van der Waals surface area (Å²) in [6, 6.07) is 25.3. The third-order valence-electron chi connectivity index (χ3n) is 7.42. The third-order valence-corrected chi connectivity index (χ3v) is 9.28. The number of H-pyrrole nitrogens is 1. The van der Waals surface area contributed by atoms with Crippen molar-refractivity contribution >= 4 is 32.6 Å². The fourth-order valence-corrected chi connectivity index (χ4v) is 6.92. The molecule has 3 heterocycles. The molecule has 0 aliphatic carbocycles. The smallest absolute Gasteiger partial charge is 0.259 e. The largest absolute Gasteiger partial charge is 0.305 e. The van der Waals surface area contributed by atoms with E-state index in [9.17, 15) is 18.5 Å². The molecule has 0 radical (unpaired) electrons. The minimum atomic E-state index is -3.70. The van der Waals surface area contributed by atoms with Crippen molar-refractivity contribution in [2.45, 2.75) is 24.7 Å². The van der Waals surface area contributed by atoms with Gasteiger partial charge in [-0.25, -0.2) is 18.1 Å². The topological polar surface area (TPSA) is 125 Å². The number of allylic oxidation sites excluding steroid dienone is 1. The number of piperidine rings is 1. The SMILES string of the molecule is CC1CCCN(S(=O)(=O)c2cccc(-c3nn(-c4ccccc4)cc3/C=C(\C#N)c3nc4ccccc4c(=O)[nH]3)c2)C1. The van der Waals surface area contributed by atoms with Crippen LogP contribution in [-0.2, 0) is 10.0 Å². The van der Waals surface area contributed by atoms with Crippen LogP contribution in [0.15, 0.2) is 94.7 Å². The molecule has 3 aromatic carbocycles. The van der Waals surface area contributed by atoms with Crippen molar-refractivity contribution in [3.8, 4) is 23.0 Å². The standard InChI is InChI=1S/C32H28N6O3S/c1-22-9-8-16-37(20-22)42(40,41)27-13-7-10-23(18-27)30-25(21-38(36-30)26-11-3-2-4-12-26)17-24(19-33)31-34-29-15-6-5-14-28(29)32(39)35-31/h2-7,10-15,17-18,21-22H,8-9,16,20H2,1H3,(H,34,35,39)/b24-17+. The Hall–Kier alpha value is -4.85. The van der Waals surface area contributed by atoms with E-state index in [1.165, 1.54) is 0 Å². The molecule has 2 aromatic heterocycles. The number of hydrogen-bond acceptors (Lipinski definition) is 6. The van der Waals surface area contributed by atoms with Gasteiger partial charge in [-0.15, -0.1) is 0 Å². The van der Waals surface area contributed by atoms with E-state index in [-0.39, 0.29) is 21.9 Å². The van der Waals surface area contributed by atoms with Crippen LogP contribution in [0.5, 0.6) is 0 Å². The highest BCUT2D eigenvalue weighted by molar-refractivity contribution is 7.89. The molecule has 0 spiro atoms. The van der Waals surface area contributed by atoms with Crippen molar-refractivity contribution in [2.75, 3.05) is 13.1 Å². The van der Waals surface area contributed by atoms with E-state index in [0.29, 0.717) is 46.7 Å². The Labute approximate surface area is 243 Å². The number of nitrogens with zero attached hydrogens (tertiary/aromatic N) is 5. The van der Waals surface area contributed by atoms with Crippen LogP contribution < -0.4 is 5.56 Å². The maximum absolute atomic E-state index is 13.6. The van der Waals surface area contributed by atoms with Crippen LogP contribution in [0.3, 0.4) is 0 Å². The molecule has 1 aliphatic rings. The van der Waals surface area contributed by atoms with E-state index < -0.39 is 10.0 Å². The van der Waals surface area contributed by atoms with E-state index in [4.69, 9.17) is 5.10 Å². The van der Waals surface area contributed by atoms with Crippen LogP contribution in [0.25, 0.3) is 39.5 Å². The average Bonchev–Trinajstić information content (AvgIpc) is 3.44. The molecule has 0 amide bonds. The number of hydrogen-bond donors (Lipinski definition) is 1. The van der Waals surface area contributed by atoms with Crippen LogP contribution >= 0.6 is 0 Å². The summed E-state index contributed by atoms with van der Waals surface area (Å²) < 4.78 is 30.4. The lowest BCUT2D eigenvalue weighted by Gasteiger charge is -2.30. The van der Waals surface area contributed by atoms with Gasteiger partial charge in [0.15, 0.2) is 5.82 Å². The Balaban J connectivity index is 1.48. The highest BCUT2D eigenvalue weighted by Gasteiger charge is 2.29. The van der Waals surface area contributed by atoms with Crippen molar-refractivity contribution in [1.29, 1.82) is 5.26 Å². The van der Waals surface area contributed by atoms with Gasteiger partial charge >= 0.3 is 0 Å². The summed E-state index contributed by atoms with van der Waals surface area (Å²) >= 11 is 0. The first-order valence-electron chi connectivity index (χ1n) is 13.7. The predicted octanol–water partition coefficient (Wildman–Crippen LogP) is 5.26. The maximum atomic E-state index is 13.6. The molecule has 0 bridgehead atoms. The Kier molecular flexibility index (Phi) is 7.29. The second-order valence-corrected chi connectivity index (χ2v) is 12.4. The van der Waals surface area contributed by atoms with Gasteiger partial charge in [0.1, 0.15) is 11.8 Å². The maximum Gasteiger partial charge on any atom is 0.259 e. The Morgan fingerprint density at radius 1 is 1.07 bits per heavy atom. The van der Waals surface area contributed by atoms with Crippen molar-refractivity contribution < 1.29 is 8.42 Å². The van der Waals surface area contributed by atoms with Crippen LogP contribution in [0.1, 0.15) is 31.2 Å². The van der Waals surface area contributed by atoms with Gasteiger partial charge in [0.25, 0.3) is 5.56 Å². The summed E-state index contributed by atoms with van der Waals surface area (Å²) in [5.41, 5.74) is 2.69. The van der Waals surface area contributed by atoms with E-state index >= 15 is 0 Å². The number of aromatic nitrogens is 4. The molecule has 1 aliphatic heterocycles. The second kappa shape index (κ2) is 11.2.